The number of Topliss-reactive ketones (excluding diaryl/α,β-unsaturated/α-hetero) is 1. The van der Waals surface area contributed by atoms with Crippen molar-refractivity contribution in [2.75, 3.05) is 6.54 Å². The van der Waals surface area contributed by atoms with Crippen LogP contribution in [0, 0.1) is 11.3 Å². The minimum atomic E-state index is -0.299. The van der Waals surface area contributed by atoms with Crippen LogP contribution in [0.1, 0.15) is 48.7 Å². The Bertz CT molecular complexity index is 527. The van der Waals surface area contributed by atoms with E-state index in [-0.39, 0.29) is 17.7 Å². The van der Waals surface area contributed by atoms with Gasteiger partial charge >= 0.3 is 0 Å². The van der Waals surface area contributed by atoms with E-state index in [1.165, 1.54) is 12.3 Å². The Morgan fingerprint density at radius 1 is 1.53 bits per heavy atom. The Labute approximate surface area is 112 Å². The van der Waals surface area contributed by atoms with E-state index < -0.39 is 0 Å². The van der Waals surface area contributed by atoms with Gasteiger partial charge in [-0.15, -0.1) is 0 Å². The summed E-state index contributed by atoms with van der Waals surface area (Å²) in [5, 5.41) is 8.76. The average molecular weight is 259 g/mol. The van der Waals surface area contributed by atoms with Crippen molar-refractivity contribution >= 4 is 11.7 Å². The van der Waals surface area contributed by atoms with E-state index in [0.717, 1.165) is 19.3 Å². The molecule has 2 heterocycles. The fourth-order valence-corrected chi connectivity index (χ4v) is 2.49. The molecule has 5 nitrogen and oxygen atoms in total. The average Bonchev–Trinajstić information content (AvgIpc) is 2.94. The number of hydrogen-bond donors (Lipinski definition) is 1. The number of H-pyrrole nitrogens is 1. The summed E-state index contributed by atoms with van der Waals surface area (Å²) in [5.74, 6) is -0.0478. The fraction of sp³-hybridized carbons (Fsp3) is 0.500. The van der Waals surface area contributed by atoms with E-state index in [9.17, 15) is 9.59 Å². The molecule has 1 unspecified atom stereocenters. The van der Waals surface area contributed by atoms with Gasteiger partial charge in [0.05, 0.1) is 11.6 Å². The number of aromatic nitrogens is 1. The Kier molecular flexibility index (Phi) is 4.00. The maximum absolute atomic E-state index is 12.4. The van der Waals surface area contributed by atoms with Gasteiger partial charge < -0.3 is 9.88 Å². The van der Waals surface area contributed by atoms with E-state index in [1.54, 1.807) is 4.90 Å². The molecular weight excluding hydrogens is 242 g/mol. The summed E-state index contributed by atoms with van der Waals surface area (Å²) < 4.78 is 0. The number of nitrogens with one attached hydrogen (secondary N) is 1. The van der Waals surface area contributed by atoms with Crippen molar-refractivity contribution in [1.82, 2.24) is 9.88 Å². The third kappa shape index (κ3) is 2.68. The molecular formula is C14H17N3O2. The molecule has 1 N–H and O–H groups in total. The second-order valence-corrected chi connectivity index (χ2v) is 4.74. The van der Waals surface area contributed by atoms with E-state index in [4.69, 9.17) is 5.26 Å². The summed E-state index contributed by atoms with van der Waals surface area (Å²) in [6.07, 6.45) is 4.63. The Hall–Kier alpha value is -2.09. The lowest BCUT2D eigenvalue weighted by atomic mass is 9.96. The highest BCUT2D eigenvalue weighted by Gasteiger charge is 2.31. The number of ketones is 1. The Morgan fingerprint density at radius 2 is 2.32 bits per heavy atom. The van der Waals surface area contributed by atoms with Crippen LogP contribution in [0.4, 0.5) is 0 Å². The van der Waals surface area contributed by atoms with Crippen molar-refractivity contribution in [3.63, 3.8) is 0 Å². The van der Waals surface area contributed by atoms with Crippen LogP contribution >= 0.6 is 0 Å². The van der Waals surface area contributed by atoms with Crippen LogP contribution in [0.25, 0.3) is 0 Å². The highest BCUT2D eigenvalue weighted by molar-refractivity contribution is 5.98. The van der Waals surface area contributed by atoms with Crippen molar-refractivity contribution in [3.8, 4) is 6.07 Å². The first kappa shape index (κ1) is 13.3. The zero-order valence-corrected chi connectivity index (χ0v) is 11.0. The van der Waals surface area contributed by atoms with Crippen molar-refractivity contribution < 1.29 is 9.59 Å². The lowest BCUT2D eigenvalue weighted by Gasteiger charge is -2.34. The molecule has 0 saturated carbocycles. The van der Waals surface area contributed by atoms with Crippen molar-refractivity contribution in [2.45, 2.75) is 38.6 Å². The molecule has 2 rings (SSSR count). The second kappa shape index (κ2) is 5.70. The molecule has 0 bridgehead atoms. The maximum Gasteiger partial charge on any atom is 0.256 e. The summed E-state index contributed by atoms with van der Waals surface area (Å²) >= 11 is 0. The smallest absolute Gasteiger partial charge is 0.256 e. The third-order valence-corrected chi connectivity index (χ3v) is 3.53. The molecule has 1 aliphatic heterocycles. The van der Waals surface area contributed by atoms with Gasteiger partial charge in [-0.3, -0.25) is 9.59 Å². The second-order valence-electron chi connectivity index (χ2n) is 4.74. The van der Waals surface area contributed by atoms with Crippen LogP contribution in [-0.4, -0.2) is 34.2 Å². The predicted octanol–water partition coefficient (Wildman–Crippen LogP) is 1.86. The molecule has 0 radical (unpaired) electrons. The zero-order valence-electron chi connectivity index (χ0n) is 11.0. The van der Waals surface area contributed by atoms with Gasteiger partial charge in [0, 0.05) is 19.2 Å². The standard InChI is InChI=1S/C14H17N3O2/c1-2-13(18)12-5-3-4-6-17(12)14(19)10-7-11(8-15)16-9-10/h7,9,12,16H,2-6H2,1H3. The Morgan fingerprint density at radius 3 is 2.95 bits per heavy atom. The SMILES string of the molecule is CCC(=O)C1CCCCN1C(=O)c1c[nH]c(C#N)c1. The highest BCUT2D eigenvalue weighted by atomic mass is 16.2. The number of rotatable bonds is 3. The van der Waals surface area contributed by atoms with Gasteiger partial charge in [-0.25, -0.2) is 0 Å². The van der Waals surface area contributed by atoms with Crippen molar-refractivity contribution in [3.05, 3.63) is 23.5 Å². The first-order valence-corrected chi connectivity index (χ1v) is 6.59. The molecule has 19 heavy (non-hydrogen) atoms. The molecule has 0 aliphatic carbocycles. The van der Waals surface area contributed by atoms with E-state index in [2.05, 4.69) is 4.98 Å². The van der Waals surface area contributed by atoms with Gasteiger partial charge in [-0.1, -0.05) is 6.92 Å². The van der Waals surface area contributed by atoms with Crippen LogP contribution in [0.2, 0.25) is 0 Å². The molecule has 0 aromatic carbocycles. The topological polar surface area (TPSA) is 77.0 Å². The largest absolute Gasteiger partial charge is 0.352 e. The van der Waals surface area contributed by atoms with Crippen LogP contribution in [0.5, 0.6) is 0 Å². The van der Waals surface area contributed by atoms with E-state index in [0.29, 0.717) is 24.2 Å². The number of likely N-dealkylation sites (tertiary alicyclic amines) is 1. The van der Waals surface area contributed by atoms with Crippen LogP contribution in [0.3, 0.4) is 0 Å². The molecule has 1 aromatic rings. The first-order valence-electron chi connectivity index (χ1n) is 6.59. The zero-order chi connectivity index (χ0) is 13.8. The molecule has 1 fully saturated rings. The van der Waals surface area contributed by atoms with Crippen LogP contribution in [0.15, 0.2) is 12.3 Å². The lowest BCUT2D eigenvalue weighted by Crippen LogP contribution is -2.47. The summed E-state index contributed by atoms with van der Waals surface area (Å²) in [5.41, 5.74) is 0.811. The van der Waals surface area contributed by atoms with E-state index >= 15 is 0 Å². The molecule has 1 aromatic heterocycles. The Balaban J connectivity index is 2.20. The molecule has 100 valence electrons. The van der Waals surface area contributed by atoms with E-state index in [1.807, 2.05) is 13.0 Å². The van der Waals surface area contributed by atoms with Crippen molar-refractivity contribution in [1.29, 1.82) is 5.26 Å². The molecule has 0 spiro atoms. The minimum absolute atomic E-state index is 0.115. The maximum atomic E-state index is 12.4. The lowest BCUT2D eigenvalue weighted by molar-refractivity contribution is -0.124. The number of nitrogens with zero attached hydrogens (tertiary/aromatic N) is 2. The van der Waals surface area contributed by atoms with Crippen molar-refractivity contribution in [2.24, 2.45) is 0 Å². The first-order chi connectivity index (χ1) is 9.17. The van der Waals surface area contributed by atoms with Gasteiger partial charge in [0.1, 0.15) is 11.8 Å². The molecule has 1 amide bonds. The summed E-state index contributed by atoms with van der Waals surface area (Å²) in [6.45, 7) is 2.44. The molecule has 1 atom stereocenters. The quantitative estimate of drug-likeness (QED) is 0.900. The number of carbonyl (C=O) groups excluding carboxylic acids is 2. The van der Waals surface area contributed by atoms with Gasteiger partial charge in [0.2, 0.25) is 0 Å². The highest BCUT2D eigenvalue weighted by Crippen LogP contribution is 2.21. The monoisotopic (exact) mass is 259 g/mol. The van der Waals surface area contributed by atoms with Gasteiger partial charge in [-0.2, -0.15) is 5.26 Å². The number of piperidine rings is 1. The third-order valence-electron chi connectivity index (χ3n) is 3.53. The number of carbonyl (C=O) groups is 2. The van der Waals surface area contributed by atoms with Gasteiger partial charge in [0.25, 0.3) is 5.91 Å². The minimum Gasteiger partial charge on any atom is -0.352 e. The molecule has 5 heteroatoms. The summed E-state index contributed by atoms with van der Waals surface area (Å²) in [4.78, 5) is 28.7. The molecule has 1 aliphatic rings. The number of amides is 1. The van der Waals surface area contributed by atoms with Gasteiger partial charge in [0.15, 0.2) is 5.78 Å². The normalized spacial score (nSPS) is 18.9. The van der Waals surface area contributed by atoms with Crippen LogP contribution in [-0.2, 0) is 4.79 Å². The fourth-order valence-electron chi connectivity index (χ4n) is 2.49. The predicted molar refractivity (Wildman–Crippen MR) is 69.5 cm³/mol. The summed E-state index contributed by atoms with van der Waals surface area (Å²) in [6, 6.07) is 3.19. The number of nitriles is 1. The molecule has 1 saturated heterocycles. The number of hydrogen-bond acceptors (Lipinski definition) is 3. The number of aromatic amines is 1. The summed E-state index contributed by atoms with van der Waals surface area (Å²) in [7, 11) is 0. The van der Waals surface area contributed by atoms with Gasteiger partial charge in [-0.05, 0) is 25.3 Å². The van der Waals surface area contributed by atoms with Crippen LogP contribution < -0.4 is 0 Å².